The molecule has 0 bridgehead atoms. The largest absolute Gasteiger partial charge is 0.390 e. The summed E-state index contributed by atoms with van der Waals surface area (Å²) in [4.78, 5) is 0.472. The lowest BCUT2D eigenvalue weighted by molar-refractivity contribution is -0.0713. The van der Waals surface area contributed by atoms with Crippen LogP contribution in [0.3, 0.4) is 0 Å². The second kappa shape index (κ2) is 6.81. The summed E-state index contributed by atoms with van der Waals surface area (Å²) >= 11 is 3.93. The molecule has 126 valence electrons. The first-order valence-electron chi connectivity index (χ1n) is 8.89. The SMILES string of the molecule is C=C1CC[C@@]2(C)C(/C=C/CC[C@H]1C(C)C)[C@](C)(O)CC[C@@H]2Br. The predicted molar refractivity (Wildman–Crippen MR) is 99.2 cm³/mol. The predicted octanol–water partition coefficient (Wildman–Crippen LogP) is 5.88. The molecule has 0 heterocycles. The molecule has 0 aromatic heterocycles. The smallest absolute Gasteiger partial charge is 0.0688 e. The Morgan fingerprint density at radius 3 is 2.59 bits per heavy atom. The summed E-state index contributed by atoms with van der Waals surface area (Å²) < 4.78 is 0. The van der Waals surface area contributed by atoms with Crippen molar-refractivity contribution in [2.45, 2.75) is 76.6 Å². The molecule has 0 radical (unpaired) electrons. The maximum atomic E-state index is 10.9. The van der Waals surface area contributed by atoms with Gasteiger partial charge in [0.05, 0.1) is 5.60 Å². The third kappa shape index (κ3) is 3.53. The van der Waals surface area contributed by atoms with Crippen molar-refractivity contribution in [2.24, 2.45) is 23.2 Å². The third-order valence-electron chi connectivity index (χ3n) is 6.29. The Bertz CT molecular complexity index is 437. The van der Waals surface area contributed by atoms with Crippen LogP contribution in [0.4, 0.5) is 0 Å². The molecule has 0 aromatic rings. The lowest BCUT2D eigenvalue weighted by Gasteiger charge is -2.52. The molecule has 0 amide bonds. The zero-order valence-electron chi connectivity index (χ0n) is 14.7. The first-order chi connectivity index (χ1) is 10.2. The van der Waals surface area contributed by atoms with Gasteiger partial charge in [-0.15, -0.1) is 0 Å². The minimum absolute atomic E-state index is 0.0973. The molecule has 1 unspecified atom stereocenters. The zero-order valence-corrected chi connectivity index (χ0v) is 16.3. The van der Waals surface area contributed by atoms with Crippen LogP contribution in [-0.2, 0) is 0 Å². The molecule has 0 aliphatic heterocycles. The molecule has 1 fully saturated rings. The van der Waals surface area contributed by atoms with Crippen LogP contribution in [-0.4, -0.2) is 15.5 Å². The zero-order chi connectivity index (χ0) is 16.5. The van der Waals surface area contributed by atoms with Crippen molar-refractivity contribution in [1.82, 2.24) is 0 Å². The highest BCUT2D eigenvalue weighted by Crippen LogP contribution is 2.53. The average Bonchev–Trinajstić information content (AvgIpc) is 2.43. The molecule has 5 atom stereocenters. The molecule has 2 rings (SSSR count). The van der Waals surface area contributed by atoms with Gasteiger partial charge in [0.1, 0.15) is 0 Å². The van der Waals surface area contributed by atoms with Crippen LogP contribution >= 0.6 is 15.9 Å². The highest BCUT2D eigenvalue weighted by atomic mass is 79.9. The van der Waals surface area contributed by atoms with Crippen LogP contribution in [0.5, 0.6) is 0 Å². The number of alkyl halides is 1. The second-order valence-corrected chi connectivity index (χ2v) is 9.47. The quantitative estimate of drug-likeness (QED) is 0.452. The maximum Gasteiger partial charge on any atom is 0.0688 e. The van der Waals surface area contributed by atoms with Crippen molar-refractivity contribution in [3.8, 4) is 0 Å². The van der Waals surface area contributed by atoms with E-state index in [-0.39, 0.29) is 11.3 Å². The molecule has 1 saturated carbocycles. The second-order valence-electron chi connectivity index (χ2n) is 8.36. The Kier molecular flexibility index (Phi) is 5.65. The van der Waals surface area contributed by atoms with Gasteiger partial charge in [0, 0.05) is 10.7 Å². The number of hydrogen-bond donors (Lipinski definition) is 1. The number of aliphatic hydroxyl groups is 1. The number of fused-ring (bicyclic) bond motifs is 1. The normalized spacial score (nSPS) is 45.4. The molecule has 0 saturated heterocycles. The first kappa shape index (κ1) is 18.3. The Hall–Kier alpha value is -0.0800. The molecule has 0 spiro atoms. The van der Waals surface area contributed by atoms with E-state index in [1.807, 2.05) is 6.92 Å². The fourth-order valence-corrected chi connectivity index (χ4v) is 5.42. The lowest BCUT2D eigenvalue weighted by Crippen LogP contribution is -2.52. The van der Waals surface area contributed by atoms with Gasteiger partial charge < -0.3 is 5.11 Å². The molecule has 2 aliphatic rings. The summed E-state index contributed by atoms with van der Waals surface area (Å²) in [6.07, 6.45) is 11.0. The summed E-state index contributed by atoms with van der Waals surface area (Å²) in [7, 11) is 0. The number of halogens is 1. The Balaban J connectivity index is 2.32. The van der Waals surface area contributed by atoms with E-state index in [4.69, 9.17) is 0 Å². The Morgan fingerprint density at radius 2 is 1.95 bits per heavy atom. The fourth-order valence-electron chi connectivity index (χ4n) is 4.68. The average molecular weight is 369 g/mol. The number of allylic oxidation sites excluding steroid dienone is 2. The van der Waals surface area contributed by atoms with Gasteiger partial charge in [0.2, 0.25) is 0 Å². The molecule has 1 nitrogen and oxygen atoms in total. The molecule has 22 heavy (non-hydrogen) atoms. The Labute approximate surface area is 145 Å². The first-order valence-corrected chi connectivity index (χ1v) is 9.81. The number of rotatable bonds is 1. The van der Waals surface area contributed by atoms with Gasteiger partial charge >= 0.3 is 0 Å². The molecule has 2 aliphatic carbocycles. The van der Waals surface area contributed by atoms with Gasteiger partial charge in [-0.05, 0) is 62.7 Å². The molecule has 1 N–H and O–H groups in total. The van der Waals surface area contributed by atoms with E-state index >= 15 is 0 Å². The van der Waals surface area contributed by atoms with Gasteiger partial charge in [-0.1, -0.05) is 61.0 Å². The van der Waals surface area contributed by atoms with E-state index in [1.165, 1.54) is 12.0 Å². The van der Waals surface area contributed by atoms with E-state index in [0.29, 0.717) is 16.7 Å². The molecular formula is C20H33BrO. The highest BCUT2D eigenvalue weighted by Gasteiger charge is 2.51. The highest BCUT2D eigenvalue weighted by molar-refractivity contribution is 9.09. The van der Waals surface area contributed by atoms with Crippen molar-refractivity contribution in [3.05, 3.63) is 24.3 Å². The van der Waals surface area contributed by atoms with E-state index in [9.17, 15) is 5.11 Å². The summed E-state index contributed by atoms with van der Waals surface area (Å²) in [5.41, 5.74) is 0.920. The van der Waals surface area contributed by atoms with Crippen LogP contribution in [0.1, 0.15) is 66.2 Å². The lowest BCUT2D eigenvalue weighted by atomic mass is 9.58. The molecule has 2 heteroatoms. The van der Waals surface area contributed by atoms with E-state index in [0.717, 1.165) is 32.1 Å². The minimum Gasteiger partial charge on any atom is -0.390 e. The molecule has 0 aromatic carbocycles. The Morgan fingerprint density at radius 1 is 1.27 bits per heavy atom. The van der Waals surface area contributed by atoms with Crippen molar-refractivity contribution in [3.63, 3.8) is 0 Å². The standard InChI is InChI=1S/C20H33BrO/c1-14(2)16-8-6-7-9-17-19(4,12-10-15(16)3)18(21)11-13-20(17,5)22/h7,9,14,16-18,22H,3,6,8,10-13H2,1-2,4-5H3/b9-7+/t16-,17?,18-,19-,20+/m0/s1. The van der Waals surface area contributed by atoms with Gasteiger partial charge in [0.15, 0.2) is 0 Å². The van der Waals surface area contributed by atoms with Crippen LogP contribution in [0.2, 0.25) is 0 Å². The van der Waals surface area contributed by atoms with Crippen molar-refractivity contribution < 1.29 is 5.11 Å². The van der Waals surface area contributed by atoms with Gasteiger partial charge in [0.25, 0.3) is 0 Å². The van der Waals surface area contributed by atoms with Crippen LogP contribution in [0, 0.1) is 23.2 Å². The van der Waals surface area contributed by atoms with Crippen molar-refractivity contribution >= 4 is 15.9 Å². The van der Waals surface area contributed by atoms with E-state index < -0.39 is 5.60 Å². The van der Waals surface area contributed by atoms with Crippen molar-refractivity contribution in [1.29, 1.82) is 0 Å². The third-order valence-corrected chi connectivity index (χ3v) is 7.79. The fraction of sp³-hybridized carbons (Fsp3) is 0.800. The van der Waals surface area contributed by atoms with Crippen LogP contribution in [0.15, 0.2) is 24.3 Å². The van der Waals surface area contributed by atoms with Crippen LogP contribution in [0.25, 0.3) is 0 Å². The van der Waals surface area contributed by atoms with Gasteiger partial charge in [-0.2, -0.15) is 0 Å². The monoisotopic (exact) mass is 368 g/mol. The van der Waals surface area contributed by atoms with Gasteiger partial charge in [-0.3, -0.25) is 0 Å². The van der Waals surface area contributed by atoms with E-state index in [1.54, 1.807) is 0 Å². The summed E-state index contributed by atoms with van der Waals surface area (Å²) in [6.45, 7) is 13.4. The maximum absolute atomic E-state index is 10.9. The van der Waals surface area contributed by atoms with E-state index in [2.05, 4.69) is 55.4 Å². The summed E-state index contributed by atoms with van der Waals surface area (Å²) in [6, 6.07) is 0. The minimum atomic E-state index is -0.590. The molecular weight excluding hydrogens is 336 g/mol. The van der Waals surface area contributed by atoms with Crippen molar-refractivity contribution in [2.75, 3.05) is 0 Å². The number of hydrogen-bond acceptors (Lipinski definition) is 1. The van der Waals surface area contributed by atoms with Crippen LogP contribution < -0.4 is 0 Å². The topological polar surface area (TPSA) is 20.2 Å². The van der Waals surface area contributed by atoms with Gasteiger partial charge in [-0.25, -0.2) is 0 Å². The summed E-state index contributed by atoms with van der Waals surface area (Å²) in [5, 5.41) is 10.9. The summed E-state index contributed by atoms with van der Waals surface area (Å²) in [5.74, 6) is 1.52.